The van der Waals surface area contributed by atoms with Gasteiger partial charge in [-0.05, 0) is 32.2 Å². The number of hydrogen-bond acceptors (Lipinski definition) is 5. The largest absolute Gasteiger partial charge is 0.370 e. The lowest BCUT2D eigenvalue weighted by atomic mass is 10.1. The Morgan fingerprint density at radius 1 is 1.18 bits per heavy atom. The Bertz CT molecular complexity index is 400. The van der Waals surface area contributed by atoms with Crippen molar-refractivity contribution in [3.63, 3.8) is 0 Å². The number of carbonyl (C=O) groups is 3. The summed E-state index contributed by atoms with van der Waals surface area (Å²) in [6, 6.07) is -0.654. The molecular formula is C14H26N4O3S. The molecule has 1 aliphatic rings. The Kier molecular flexibility index (Phi) is 8.26. The van der Waals surface area contributed by atoms with Crippen LogP contribution in [0.2, 0.25) is 0 Å². The molecule has 0 bridgehead atoms. The van der Waals surface area contributed by atoms with Gasteiger partial charge in [0.05, 0.1) is 11.8 Å². The van der Waals surface area contributed by atoms with E-state index in [9.17, 15) is 14.4 Å². The zero-order chi connectivity index (χ0) is 16.5. The maximum Gasteiger partial charge on any atom is 0.243 e. The predicted octanol–water partition coefficient (Wildman–Crippen LogP) is -0.352. The fourth-order valence-electron chi connectivity index (χ4n) is 2.57. The Morgan fingerprint density at radius 3 is 2.36 bits per heavy atom. The lowest BCUT2D eigenvalue weighted by Gasteiger charge is -2.22. The van der Waals surface area contributed by atoms with Crippen LogP contribution in [0.1, 0.15) is 44.9 Å². The highest BCUT2D eigenvalue weighted by Crippen LogP contribution is 2.24. The Morgan fingerprint density at radius 2 is 1.82 bits per heavy atom. The molecule has 2 atom stereocenters. The minimum Gasteiger partial charge on any atom is -0.370 e. The van der Waals surface area contributed by atoms with Crippen LogP contribution < -0.4 is 22.1 Å². The van der Waals surface area contributed by atoms with Gasteiger partial charge in [0, 0.05) is 5.92 Å². The zero-order valence-electron chi connectivity index (χ0n) is 12.7. The highest BCUT2D eigenvalue weighted by atomic mass is 32.1. The molecule has 0 aromatic carbocycles. The third-order valence-corrected chi connectivity index (χ3v) is 4.07. The molecule has 0 radical (unpaired) electrons. The molecule has 7 nitrogen and oxygen atoms in total. The normalized spacial score (nSPS) is 17.7. The molecule has 0 spiro atoms. The molecule has 1 rings (SSSR count). The van der Waals surface area contributed by atoms with Gasteiger partial charge in [-0.3, -0.25) is 14.4 Å². The topological polar surface area (TPSA) is 127 Å². The van der Waals surface area contributed by atoms with Gasteiger partial charge < -0.3 is 22.1 Å². The molecule has 3 amide bonds. The zero-order valence-corrected chi connectivity index (χ0v) is 13.6. The summed E-state index contributed by atoms with van der Waals surface area (Å²) in [5.41, 5.74) is 10.5. The summed E-state index contributed by atoms with van der Waals surface area (Å²) >= 11 is 4.10. The summed E-state index contributed by atoms with van der Waals surface area (Å²) in [6.45, 7) is 0.439. The summed E-state index contributed by atoms with van der Waals surface area (Å²) in [6.07, 6.45) is 4.86. The highest BCUT2D eigenvalue weighted by Gasteiger charge is 2.28. The second-order valence-corrected chi connectivity index (χ2v) is 6.29. The van der Waals surface area contributed by atoms with E-state index in [4.69, 9.17) is 11.5 Å². The standard InChI is InChI=1S/C14H26N4O3S/c15-7-3-6-10(14(21)18-12(22)8-11(16)19)17-13(20)9-4-1-2-5-9/h9-10,12,22H,1-8,15H2,(H2,16,19)(H,17,20)(H,18,21). The summed E-state index contributed by atoms with van der Waals surface area (Å²) in [7, 11) is 0. The van der Waals surface area contributed by atoms with Gasteiger partial charge >= 0.3 is 0 Å². The second-order valence-electron chi connectivity index (χ2n) is 5.67. The Hall–Kier alpha value is -1.28. The molecule has 6 N–H and O–H groups in total. The first-order chi connectivity index (χ1) is 10.4. The summed E-state index contributed by atoms with van der Waals surface area (Å²) in [5, 5.41) is 4.72. The van der Waals surface area contributed by atoms with Crippen molar-refractivity contribution in [3.05, 3.63) is 0 Å². The van der Waals surface area contributed by atoms with Gasteiger partial charge in [-0.25, -0.2) is 0 Å². The van der Waals surface area contributed by atoms with Gasteiger partial charge in [-0.15, -0.1) is 0 Å². The number of thiol groups is 1. The molecule has 1 fully saturated rings. The molecule has 126 valence electrons. The average Bonchev–Trinajstić information content (AvgIpc) is 2.96. The maximum absolute atomic E-state index is 12.2. The number of hydrogen-bond donors (Lipinski definition) is 5. The van der Waals surface area contributed by atoms with E-state index in [-0.39, 0.29) is 24.2 Å². The predicted molar refractivity (Wildman–Crippen MR) is 86.9 cm³/mol. The van der Waals surface area contributed by atoms with Crippen molar-refractivity contribution in [2.24, 2.45) is 17.4 Å². The van der Waals surface area contributed by atoms with Crippen LogP contribution in [0.4, 0.5) is 0 Å². The van der Waals surface area contributed by atoms with Crippen LogP contribution in [-0.4, -0.2) is 35.7 Å². The van der Waals surface area contributed by atoms with Gasteiger partial charge in [0.2, 0.25) is 17.7 Å². The number of nitrogens with two attached hydrogens (primary N) is 2. The monoisotopic (exact) mass is 330 g/mol. The number of amides is 3. The molecular weight excluding hydrogens is 304 g/mol. The first kappa shape index (κ1) is 18.8. The van der Waals surface area contributed by atoms with E-state index in [2.05, 4.69) is 23.3 Å². The smallest absolute Gasteiger partial charge is 0.243 e. The van der Waals surface area contributed by atoms with E-state index < -0.39 is 17.3 Å². The van der Waals surface area contributed by atoms with Crippen molar-refractivity contribution in [1.82, 2.24) is 10.6 Å². The van der Waals surface area contributed by atoms with Gasteiger partial charge in [0.25, 0.3) is 0 Å². The number of carbonyl (C=O) groups excluding carboxylic acids is 3. The van der Waals surface area contributed by atoms with Crippen LogP contribution in [-0.2, 0) is 14.4 Å². The Balaban J connectivity index is 2.55. The number of rotatable bonds is 9. The van der Waals surface area contributed by atoms with Crippen molar-refractivity contribution < 1.29 is 14.4 Å². The number of nitrogens with one attached hydrogen (secondary N) is 2. The van der Waals surface area contributed by atoms with E-state index in [1.165, 1.54) is 0 Å². The molecule has 0 heterocycles. The van der Waals surface area contributed by atoms with Crippen LogP contribution in [0.15, 0.2) is 0 Å². The van der Waals surface area contributed by atoms with E-state index in [0.29, 0.717) is 19.4 Å². The van der Waals surface area contributed by atoms with Crippen LogP contribution in [0, 0.1) is 5.92 Å². The molecule has 0 aromatic heterocycles. The SMILES string of the molecule is NCCCC(NC(=O)C1CCCC1)C(=O)NC(S)CC(N)=O. The lowest BCUT2D eigenvalue weighted by Crippen LogP contribution is -2.50. The lowest BCUT2D eigenvalue weighted by molar-refractivity contribution is -0.131. The Labute approximate surface area is 136 Å². The van der Waals surface area contributed by atoms with Crippen LogP contribution in [0.3, 0.4) is 0 Å². The van der Waals surface area contributed by atoms with Crippen LogP contribution >= 0.6 is 12.6 Å². The van der Waals surface area contributed by atoms with Crippen LogP contribution in [0.25, 0.3) is 0 Å². The second kappa shape index (κ2) is 9.68. The van der Waals surface area contributed by atoms with Gasteiger partial charge in [0.15, 0.2) is 0 Å². The third-order valence-electron chi connectivity index (χ3n) is 3.76. The first-order valence-electron chi connectivity index (χ1n) is 7.71. The summed E-state index contributed by atoms with van der Waals surface area (Å²) in [4.78, 5) is 35.2. The fraction of sp³-hybridized carbons (Fsp3) is 0.786. The summed E-state index contributed by atoms with van der Waals surface area (Å²) in [5.74, 6) is -0.999. The first-order valence-corrected chi connectivity index (χ1v) is 8.23. The van der Waals surface area contributed by atoms with Crippen molar-refractivity contribution >= 4 is 30.4 Å². The van der Waals surface area contributed by atoms with E-state index >= 15 is 0 Å². The van der Waals surface area contributed by atoms with E-state index in [1.54, 1.807) is 0 Å². The van der Waals surface area contributed by atoms with Gasteiger partial charge in [-0.1, -0.05) is 12.8 Å². The van der Waals surface area contributed by atoms with Gasteiger partial charge in [-0.2, -0.15) is 12.6 Å². The number of primary amides is 1. The molecule has 1 saturated carbocycles. The molecule has 2 unspecified atom stereocenters. The van der Waals surface area contributed by atoms with Crippen molar-refractivity contribution in [2.45, 2.75) is 56.4 Å². The van der Waals surface area contributed by atoms with Gasteiger partial charge in [0.1, 0.15) is 6.04 Å². The molecule has 0 saturated heterocycles. The quantitative estimate of drug-likeness (QED) is 0.292. The van der Waals surface area contributed by atoms with Crippen molar-refractivity contribution in [2.75, 3.05) is 6.54 Å². The molecule has 1 aliphatic carbocycles. The van der Waals surface area contributed by atoms with Crippen molar-refractivity contribution in [3.8, 4) is 0 Å². The van der Waals surface area contributed by atoms with Crippen molar-refractivity contribution in [1.29, 1.82) is 0 Å². The van der Waals surface area contributed by atoms with Crippen LogP contribution in [0.5, 0.6) is 0 Å². The minimum atomic E-state index is -0.659. The minimum absolute atomic E-state index is 0.00871. The molecule has 8 heteroatoms. The molecule has 0 aromatic rings. The maximum atomic E-state index is 12.2. The third kappa shape index (κ3) is 6.65. The van der Waals surface area contributed by atoms with E-state index in [0.717, 1.165) is 25.7 Å². The van der Waals surface area contributed by atoms with E-state index in [1.807, 2.05) is 0 Å². The summed E-state index contributed by atoms with van der Waals surface area (Å²) < 4.78 is 0. The fourth-order valence-corrected chi connectivity index (χ4v) is 2.88. The molecule has 22 heavy (non-hydrogen) atoms. The highest BCUT2D eigenvalue weighted by molar-refractivity contribution is 7.81. The molecule has 0 aliphatic heterocycles. The average molecular weight is 330 g/mol.